The molecule has 0 aliphatic carbocycles. The van der Waals surface area contributed by atoms with Crippen LogP contribution in [0.4, 0.5) is 0 Å². The van der Waals surface area contributed by atoms with Crippen LogP contribution in [0, 0.1) is 0 Å². The SMILES string of the molecule is CC(NC(=O)CNC(=O)c1cccs1)c1ccc(Cl)c(Cl)c1. The van der Waals surface area contributed by atoms with Gasteiger partial charge in [0.05, 0.1) is 27.5 Å². The molecular formula is C15H14Cl2N2O2S. The maximum absolute atomic E-state index is 11.9. The lowest BCUT2D eigenvalue weighted by molar-refractivity contribution is -0.120. The van der Waals surface area contributed by atoms with Crippen LogP contribution in [0.1, 0.15) is 28.2 Å². The fraction of sp³-hybridized carbons (Fsp3) is 0.200. The van der Waals surface area contributed by atoms with Gasteiger partial charge in [-0.3, -0.25) is 9.59 Å². The van der Waals surface area contributed by atoms with Gasteiger partial charge in [0.1, 0.15) is 0 Å². The summed E-state index contributed by atoms with van der Waals surface area (Å²) in [6.45, 7) is 1.75. The molecule has 0 aliphatic heterocycles. The van der Waals surface area contributed by atoms with E-state index in [1.807, 2.05) is 6.92 Å². The number of rotatable bonds is 5. The average molecular weight is 357 g/mol. The fourth-order valence-corrected chi connectivity index (χ4v) is 2.76. The first kappa shape index (κ1) is 16.8. The summed E-state index contributed by atoms with van der Waals surface area (Å²) in [5.41, 5.74) is 0.840. The molecule has 7 heteroatoms. The zero-order valence-electron chi connectivity index (χ0n) is 11.7. The third-order valence-electron chi connectivity index (χ3n) is 2.98. The topological polar surface area (TPSA) is 58.2 Å². The Morgan fingerprint density at radius 1 is 1.23 bits per heavy atom. The Morgan fingerprint density at radius 2 is 2.00 bits per heavy atom. The number of hydrogen-bond acceptors (Lipinski definition) is 3. The van der Waals surface area contributed by atoms with Crippen molar-refractivity contribution in [3.63, 3.8) is 0 Å². The number of hydrogen-bond donors (Lipinski definition) is 2. The average Bonchev–Trinajstić information content (AvgIpc) is 3.02. The third kappa shape index (κ3) is 4.47. The zero-order chi connectivity index (χ0) is 16.1. The first-order chi connectivity index (χ1) is 10.5. The van der Waals surface area contributed by atoms with Gasteiger partial charge in [-0.15, -0.1) is 11.3 Å². The van der Waals surface area contributed by atoms with Gasteiger partial charge in [0, 0.05) is 0 Å². The monoisotopic (exact) mass is 356 g/mol. The molecule has 0 saturated heterocycles. The highest BCUT2D eigenvalue weighted by Gasteiger charge is 2.13. The van der Waals surface area contributed by atoms with Crippen LogP contribution in [-0.2, 0) is 4.79 Å². The number of thiophene rings is 1. The highest BCUT2D eigenvalue weighted by molar-refractivity contribution is 7.12. The minimum absolute atomic E-state index is 0.0810. The molecule has 116 valence electrons. The van der Waals surface area contributed by atoms with Crippen molar-refractivity contribution >= 4 is 46.4 Å². The Labute approximate surface area is 142 Å². The number of carbonyl (C=O) groups excluding carboxylic acids is 2. The van der Waals surface area contributed by atoms with E-state index in [-0.39, 0.29) is 24.4 Å². The first-order valence-corrected chi connectivity index (χ1v) is 8.17. The van der Waals surface area contributed by atoms with Crippen molar-refractivity contribution in [3.8, 4) is 0 Å². The van der Waals surface area contributed by atoms with E-state index in [0.29, 0.717) is 14.9 Å². The third-order valence-corrected chi connectivity index (χ3v) is 4.58. The van der Waals surface area contributed by atoms with Crippen LogP contribution in [0.5, 0.6) is 0 Å². The minimum Gasteiger partial charge on any atom is -0.348 e. The Bertz CT molecular complexity index is 674. The molecule has 1 unspecified atom stereocenters. The molecule has 0 spiro atoms. The molecule has 1 aromatic carbocycles. The van der Waals surface area contributed by atoms with E-state index in [1.165, 1.54) is 11.3 Å². The summed E-state index contributed by atoms with van der Waals surface area (Å²) in [7, 11) is 0. The van der Waals surface area contributed by atoms with Crippen molar-refractivity contribution in [2.75, 3.05) is 6.54 Å². The van der Waals surface area contributed by atoms with Gasteiger partial charge >= 0.3 is 0 Å². The van der Waals surface area contributed by atoms with Gasteiger partial charge in [-0.25, -0.2) is 0 Å². The molecule has 1 atom stereocenters. The molecule has 2 rings (SSSR count). The van der Waals surface area contributed by atoms with Crippen LogP contribution < -0.4 is 10.6 Å². The molecule has 1 aromatic heterocycles. The second-order valence-electron chi connectivity index (χ2n) is 4.62. The molecule has 2 aromatic rings. The Morgan fingerprint density at radius 3 is 2.64 bits per heavy atom. The maximum atomic E-state index is 11.9. The largest absolute Gasteiger partial charge is 0.348 e. The van der Waals surface area contributed by atoms with Crippen molar-refractivity contribution < 1.29 is 9.59 Å². The molecule has 1 heterocycles. The predicted octanol–water partition coefficient (Wildman–Crippen LogP) is 3.66. The lowest BCUT2D eigenvalue weighted by atomic mass is 10.1. The summed E-state index contributed by atoms with van der Waals surface area (Å²) in [6, 6.07) is 8.44. The minimum atomic E-state index is -0.275. The van der Waals surface area contributed by atoms with Crippen molar-refractivity contribution in [2.24, 2.45) is 0 Å². The van der Waals surface area contributed by atoms with E-state index in [1.54, 1.807) is 35.7 Å². The second kappa shape index (κ2) is 7.63. The normalized spacial score (nSPS) is 11.8. The van der Waals surface area contributed by atoms with E-state index >= 15 is 0 Å². The highest BCUT2D eigenvalue weighted by Crippen LogP contribution is 2.25. The molecule has 4 nitrogen and oxygen atoms in total. The predicted molar refractivity (Wildman–Crippen MR) is 89.7 cm³/mol. The van der Waals surface area contributed by atoms with Crippen LogP contribution >= 0.6 is 34.5 Å². The number of benzene rings is 1. The summed E-state index contributed by atoms with van der Waals surface area (Å²) >= 11 is 13.1. The lowest BCUT2D eigenvalue weighted by Gasteiger charge is -2.15. The first-order valence-electron chi connectivity index (χ1n) is 6.53. The van der Waals surface area contributed by atoms with Crippen molar-refractivity contribution in [1.82, 2.24) is 10.6 Å². The van der Waals surface area contributed by atoms with Gasteiger partial charge in [-0.05, 0) is 36.1 Å². The van der Waals surface area contributed by atoms with Crippen molar-refractivity contribution in [3.05, 3.63) is 56.2 Å². The smallest absolute Gasteiger partial charge is 0.261 e. The molecule has 2 amide bonds. The molecule has 0 radical (unpaired) electrons. The van der Waals surface area contributed by atoms with Crippen molar-refractivity contribution in [2.45, 2.75) is 13.0 Å². The molecule has 22 heavy (non-hydrogen) atoms. The van der Waals surface area contributed by atoms with Crippen LogP contribution in [0.2, 0.25) is 10.0 Å². The van der Waals surface area contributed by atoms with Crippen molar-refractivity contribution in [1.29, 1.82) is 0 Å². The Kier molecular flexibility index (Phi) is 5.83. The van der Waals surface area contributed by atoms with Crippen LogP contribution in [0.3, 0.4) is 0 Å². The van der Waals surface area contributed by atoms with Gasteiger partial charge in [0.15, 0.2) is 0 Å². The maximum Gasteiger partial charge on any atom is 0.261 e. The summed E-state index contributed by atoms with van der Waals surface area (Å²) < 4.78 is 0. The van der Waals surface area contributed by atoms with E-state index in [4.69, 9.17) is 23.2 Å². The summed E-state index contributed by atoms with van der Waals surface area (Å²) in [5.74, 6) is -0.532. The number of amides is 2. The van der Waals surface area contributed by atoms with Gasteiger partial charge < -0.3 is 10.6 Å². The standard InChI is InChI=1S/C15H14Cl2N2O2S/c1-9(10-4-5-11(16)12(17)7-10)19-14(20)8-18-15(21)13-3-2-6-22-13/h2-7,9H,8H2,1H3,(H,18,21)(H,19,20). The molecule has 0 bridgehead atoms. The summed E-state index contributed by atoms with van der Waals surface area (Å²) in [4.78, 5) is 24.2. The summed E-state index contributed by atoms with van der Waals surface area (Å²) in [6.07, 6.45) is 0. The van der Waals surface area contributed by atoms with Gasteiger partial charge in [0.2, 0.25) is 5.91 Å². The molecule has 2 N–H and O–H groups in total. The highest BCUT2D eigenvalue weighted by atomic mass is 35.5. The number of halogens is 2. The second-order valence-corrected chi connectivity index (χ2v) is 6.38. The van der Waals surface area contributed by atoms with Crippen LogP contribution in [0.25, 0.3) is 0 Å². The number of nitrogens with one attached hydrogen (secondary N) is 2. The van der Waals surface area contributed by atoms with E-state index in [9.17, 15) is 9.59 Å². The summed E-state index contributed by atoms with van der Waals surface area (Å²) in [5, 5.41) is 8.07. The molecule has 0 aliphatic rings. The lowest BCUT2D eigenvalue weighted by Crippen LogP contribution is -2.37. The molecular weight excluding hydrogens is 343 g/mol. The fourth-order valence-electron chi connectivity index (χ4n) is 1.81. The number of carbonyl (C=O) groups is 2. The van der Waals surface area contributed by atoms with Crippen LogP contribution in [-0.4, -0.2) is 18.4 Å². The zero-order valence-corrected chi connectivity index (χ0v) is 14.1. The van der Waals surface area contributed by atoms with Crippen LogP contribution in [0.15, 0.2) is 35.7 Å². The van der Waals surface area contributed by atoms with Gasteiger partial charge in [0.25, 0.3) is 5.91 Å². The van der Waals surface area contributed by atoms with E-state index in [0.717, 1.165) is 5.56 Å². The van der Waals surface area contributed by atoms with Gasteiger partial charge in [-0.1, -0.05) is 35.3 Å². The van der Waals surface area contributed by atoms with E-state index < -0.39 is 0 Å². The quantitative estimate of drug-likeness (QED) is 0.858. The van der Waals surface area contributed by atoms with Gasteiger partial charge in [-0.2, -0.15) is 0 Å². The van der Waals surface area contributed by atoms with E-state index in [2.05, 4.69) is 10.6 Å². The Hall–Kier alpha value is -1.56. The Balaban J connectivity index is 1.86. The molecule has 0 saturated carbocycles. The molecule has 0 fully saturated rings.